The van der Waals surface area contributed by atoms with E-state index in [0.717, 1.165) is 31.2 Å². The van der Waals surface area contributed by atoms with Crippen molar-refractivity contribution >= 4 is 5.91 Å². The number of alkyl halides is 3. The predicted molar refractivity (Wildman–Crippen MR) is 100 cm³/mol. The monoisotopic (exact) mass is 405 g/mol. The normalized spacial score (nSPS) is 11.4. The molecule has 4 nitrogen and oxygen atoms in total. The van der Waals surface area contributed by atoms with Crippen LogP contribution in [0.25, 0.3) is 5.69 Å². The molecular weight excluding hydrogens is 386 g/mol. The zero-order valence-corrected chi connectivity index (χ0v) is 15.4. The van der Waals surface area contributed by atoms with E-state index in [2.05, 4.69) is 10.4 Å². The number of benzene rings is 2. The van der Waals surface area contributed by atoms with E-state index in [1.54, 1.807) is 0 Å². The van der Waals surface area contributed by atoms with Gasteiger partial charge < -0.3 is 5.32 Å². The second-order valence-corrected chi connectivity index (χ2v) is 6.49. The Kier molecular flexibility index (Phi) is 6.31. The number of carbonyl (C=O) groups excluding carboxylic acids is 1. The minimum Gasteiger partial charge on any atom is -0.352 e. The molecule has 0 saturated carbocycles. The first-order valence-electron chi connectivity index (χ1n) is 9.09. The molecule has 0 atom stereocenters. The van der Waals surface area contributed by atoms with Crippen LogP contribution < -0.4 is 5.32 Å². The smallest absolute Gasteiger partial charge is 0.352 e. The van der Waals surface area contributed by atoms with Gasteiger partial charge in [-0.15, -0.1) is 0 Å². The molecule has 0 bridgehead atoms. The summed E-state index contributed by atoms with van der Waals surface area (Å²) in [7, 11) is 0. The predicted octanol–water partition coefficient (Wildman–Crippen LogP) is 4.78. The van der Waals surface area contributed by atoms with Crippen molar-refractivity contribution in [1.82, 2.24) is 15.1 Å². The molecule has 152 valence electrons. The fourth-order valence-electron chi connectivity index (χ4n) is 2.96. The van der Waals surface area contributed by atoms with Crippen LogP contribution in [0, 0.1) is 5.82 Å². The highest BCUT2D eigenvalue weighted by molar-refractivity contribution is 5.95. The number of carbonyl (C=O) groups is 1. The molecule has 3 aromatic rings. The van der Waals surface area contributed by atoms with Crippen LogP contribution in [0.15, 0.2) is 60.8 Å². The van der Waals surface area contributed by atoms with Gasteiger partial charge in [-0.25, -0.2) is 9.07 Å². The first kappa shape index (κ1) is 20.6. The summed E-state index contributed by atoms with van der Waals surface area (Å²) in [5.74, 6) is -1.42. The number of amides is 1. The van der Waals surface area contributed by atoms with Crippen molar-refractivity contribution in [3.63, 3.8) is 0 Å². The van der Waals surface area contributed by atoms with Crippen molar-refractivity contribution in [3.8, 4) is 5.69 Å². The van der Waals surface area contributed by atoms with E-state index in [0.29, 0.717) is 11.1 Å². The van der Waals surface area contributed by atoms with Crippen LogP contribution in [0.3, 0.4) is 0 Å². The number of halogens is 4. The third-order valence-electron chi connectivity index (χ3n) is 4.37. The summed E-state index contributed by atoms with van der Waals surface area (Å²) in [6, 6.07) is 14.2. The van der Waals surface area contributed by atoms with Gasteiger partial charge in [0, 0.05) is 6.54 Å². The van der Waals surface area contributed by atoms with Crippen molar-refractivity contribution in [2.24, 2.45) is 0 Å². The summed E-state index contributed by atoms with van der Waals surface area (Å²) in [6.45, 7) is 0.255. The van der Waals surface area contributed by atoms with Crippen molar-refractivity contribution in [2.45, 2.75) is 25.4 Å². The van der Waals surface area contributed by atoms with Gasteiger partial charge in [0.1, 0.15) is 5.82 Å². The summed E-state index contributed by atoms with van der Waals surface area (Å²) in [5, 5.41) is 6.22. The van der Waals surface area contributed by atoms with Gasteiger partial charge in [-0.3, -0.25) is 4.79 Å². The van der Waals surface area contributed by atoms with Gasteiger partial charge in [-0.05, 0) is 49.1 Å². The summed E-state index contributed by atoms with van der Waals surface area (Å²) in [5.41, 5.74) is -0.574. The van der Waals surface area contributed by atoms with E-state index in [1.165, 1.54) is 17.7 Å². The fraction of sp³-hybridized carbons (Fsp3) is 0.238. The van der Waals surface area contributed by atoms with Gasteiger partial charge in [-0.1, -0.05) is 30.3 Å². The van der Waals surface area contributed by atoms with Crippen LogP contribution in [0.4, 0.5) is 17.6 Å². The molecule has 1 amide bonds. The molecule has 0 aliphatic carbocycles. The minimum absolute atomic E-state index is 0.0145. The van der Waals surface area contributed by atoms with Crippen LogP contribution in [0.5, 0.6) is 0 Å². The summed E-state index contributed by atoms with van der Waals surface area (Å²) < 4.78 is 54.4. The van der Waals surface area contributed by atoms with Gasteiger partial charge in [0.2, 0.25) is 0 Å². The van der Waals surface area contributed by atoms with Crippen molar-refractivity contribution in [1.29, 1.82) is 0 Å². The van der Waals surface area contributed by atoms with E-state index >= 15 is 0 Å². The van der Waals surface area contributed by atoms with Crippen LogP contribution in [-0.4, -0.2) is 22.2 Å². The van der Waals surface area contributed by atoms with Gasteiger partial charge in [0.25, 0.3) is 5.91 Å². The molecule has 8 heteroatoms. The topological polar surface area (TPSA) is 46.9 Å². The molecular formula is C21H19F4N3O. The second-order valence-electron chi connectivity index (χ2n) is 6.49. The molecule has 2 aromatic carbocycles. The zero-order chi connectivity index (χ0) is 20.9. The molecule has 0 aliphatic rings. The van der Waals surface area contributed by atoms with Gasteiger partial charge in [-0.2, -0.15) is 18.3 Å². The summed E-state index contributed by atoms with van der Waals surface area (Å²) in [6.07, 6.45) is -1.66. The Bertz CT molecular complexity index is 950. The molecule has 3 rings (SSSR count). The third-order valence-corrected chi connectivity index (χ3v) is 4.37. The van der Waals surface area contributed by atoms with E-state index in [-0.39, 0.29) is 12.2 Å². The summed E-state index contributed by atoms with van der Waals surface area (Å²) >= 11 is 0. The van der Waals surface area contributed by atoms with Crippen LogP contribution >= 0.6 is 0 Å². The largest absolute Gasteiger partial charge is 0.434 e. The molecule has 0 fully saturated rings. The third kappa shape index (κ3) is 5.22. The standard InChI is InChI=1S/C21H19F4N3O/c22-16-9-11-17(12-10-16)28-19(21(23,24)25)18(14-27-28)20(29)26-13-5-4-8-15-6-2-1-3-7-15/h1-3,6-7,9-12,14H,4-5,8,13H2,(H,26,29). The number of unbranched alkanes of at least 4 members (excludes halogenated alkanes) is 1. The molecule has 1 N–H and O–H groups in total. The van der Waals surface area contributed by atoms with E-state index < -0.39 is 29.2 Å². The van der Waals surface area contributed by atoms with E-state index in [4.69, 9.17) is 0 Å². The zero-order valence-electron chi connectivity index (χ0n) is 15.4. The Morgan fingerprint density at radius 3 is 2.34 bits per heavy atom. The number of hydrogen-bond donors (Lipinski definition) is 1. The lowest BCUT2D eigenvalue weighted by Crippen LogP contribution is -2.27. The average molecular weight is 405 g/mol. The SMILES string of the molecule is O=C(NCCCCc1ccccc1)c1cnn(-c2ccc(F)cc2)c1C(F)(F)F. The lowest BCUT2D eigenvalue weighted by atomic mass is 10.1. The number of rotatable bonds is 7. The van der Waals surface area contributed by atoms with Crippen LogP contribution in [0.2, 0.25) is 0 Å². The highest BCUT2D eigenvalue weighted by Crippen LogP contribution is 2.33. The molecule has 0 spiro atoms. The Morgan fingerprint density at radius 2 is 1.69 bits per heavy atom. The number of nitrogens with one attached hydrogen (secondary N) is 1. The number of aryl methyl sites for hydroxylation is 1. The molecule has 0 radical (unpaired) electrons. The molecule has 0 unspecified atom stereocenters. The highest BCUT2D eigenvalue weighted by Gasteiger charge is 2.40. The highest BCUT2D eigenvalue weighted by atomic mass is 19.4. The second kappa shape index (κ2) is 8.89. The average Bonchev–Trinajstić information content (AvgIpc) is 3.15. The molecule has 1 heterocycles. The number of aromatic nitrogens is 2. The molecule has 0 saturated heterocycles. The van der Waals surface area contributed by atoms with Crippen molar-refractivity contribution in [2.75, 3.05) is 6.54 Å². The maximum absolute atomic E-state index is 13.6. The molecule has 29 heavy (non-hydrogen) atoms. The lowest BCUT2D eigenvalue weighted by Gasteiger charge is -2.13. The Labute approximate surface area is 165 Å². The van der Waals surface area contributed by atoms with Crippen LogP contribution in [0.1, 0.15) is 34.5 Å². The Balaban J connectivity index is 1.66. The summed E-state index contributed by atoms with van der Waals surface area (Å²) in [4.78, 5) is 12.3. The first-order chi connectivity index (χ1) is 13.9. The minimum atomic E-state index is -4.80. The maximum atomic E-state index is 13.6. The van der Waals surface area contributed by atoms with Gasteiger partial charge in [0.05, 0.1) is 17.4 Å². The number of hydrogen-bond acceptors (Lipinski definition) is 2. The Hall–Kier alpha value is -3.16. The lowest BCUT2D eigenvalue weighted by molar-refractivity contribution is -0.143. The van der Waals surface area contributed by atoms with E-state index in [1.807, 2.05) is 30.3 Å². The maximum Gasteiger partial charge on any atom is 0.434 e. The van der Waals surface area contributed by atoms with Crippen molar-refractivity contribution in [3.05, 3.63) is 83.4 Å². The number of nitrogens with zero attached hydrogens (tertiary/aromatic N) is 2. The first-order valence-corrected chi connectivity index (χ1v) is 9.09. The van der Waals surface area contributed by atoms with Gasteiger partial charge in [0.15, 0.2) is 5.69 Å². The quantitative estimate of drug-likeness (QED) is 0.454. The Morgan fingerprint density at radius 1 is 1.00 bits per heavy atom. The molecule has 1 aromatic heterocycles. The van der Waals surface area contributed by atoms with Gasteiger partial charge >= 0.3 is 6.18 Å². The van der Waals surface area contributed by atoms with Crippen LogP contribution in [-0.2, 0) is 12.6 Å². The van der Waals surface area contributed by atoms with Crippen molar-refractivity contribution < 1.29 is 22.4 Å². The molecule has 0 aliphatic heterocycles. The van der Waals surface area contributed by atoms with E-state index in [9.17, 15) is 22.4 Å². The fourth-order valence-corrected chi connectivity index (χ4v) is 2.96.